The lowest BCUT2D eigenvalue weighted by atomic mass is 9.90. The summed E-state index contributed by atoms with van der Waals surface area (Å²) in [5, 5.41) is 15.3. The second kappa shape index (κ2) is 11.4. The zero-order valence-corrected chi connectivity index (χ0v) is 21.5. The molecule has 0 aromatic heterocycles. The lowest BCUT2D eigenvalue weighted by Crippen LogP contribution is -2.57. The Morgan fingerprint density at radius 2 is 1.89 bits per heavy atom. The van der Waals surface area contributed by atoms with Crippen LogP contribution in [0.1, 0.15) is 32.1 Å². The molecule has 2 aromatic rings. The number of nitrogens with zero attached hydrogens (tertiary/aromatic N) is 2. The number of urea groups is 1. The number of carbonyl (C=O) groups is 4. The monoisotopic (exact) mass is 546 g/mol. The van der Waals surface area contributed by atoms with Crippen molar-refractivity contribution in [1.82, 2.24) is 4.90 Å². The van der Waals surface area contributed by atoms with Gasteiger partial charge in [0.25, 0.3) is 5.91 Å². The van der Waals surface area contributed by atoms with Crippen molar-refractivity contribution in [1.29, 1.82) is 0 Å². The van der Waals surface area contributed by atoms with Crippen LogP contribution in [0.4, 0.5) is 26.2 Å². The fraction of sp³-hybridized carbons (Fsp3) is 0.385. The highest BCUT2D eigenvalue weighted by molar-refractivity contribution is 6.30. The summed E-state index contributed by atoms with van der Waals surface area (Å²) >= 11 is 5.90. The van der Waals surface area contributed by atoms with E-state index >= 15 is 4.39 Å². The molecule has 2 unspecified atom stereocenters. The van der Waals surface area contributed by atoms with E-state index in [9.17, 15) is 24.3 Å². The molecule has 2 fully saturated rings. The average Bonchev–Trinajstić information content (AvgIpc) is 3.26. The number of likely N-dealkylation sites (tertiary alicyclic amines) is 1. The summed E-state index contributed by atoms with van der Waals surface area (Å²) in [6.45, 7) is 0.414. The lowest BCUT2D eigenvalue weighted by Gasteiger charge is -2.35. The van der Waals surface area contributed by atoms with Crippen LogP contribution in [0.3, 0.4) is 0 Å². The molecule has 2 aliphatic heterocycles. The molecule has 0 radical (unpaired) electrons. The van der Waals surface area contributed by atoms with Gasteiger partial charge in [-0.3, -0.25) is 14.4 Å². The molecule has 0 bridgehead atoms. The number of rotatable bonds is 7. The number of benzene rings is 2. The van der Waals surface area contributed by atoms with Crippen LogP contribution < -0.4 is 15.5 Å². The first-order valence-electron chi connectivity index (χ1n) is 12.1. The van der Waals surface area contributed by atoms with Gasteiger partial charge in [-0.05, 0) is 55.3 Å². The van der Waals surface area contributed by atoms with Crippen molar-refractivity contribution in [2.45, 2.75) is 43.7 Å². The summed E-state index contributed by atoms with van der Waals surface area (Å²) < 4.78 is 20.5. The third-order valence-corrected chi connectivity index (χ3v) is 7.10. The molecule has 2 heterocycles. The maximum absolute atomic E-state index is 15.1. The van der Waals surface area contributed by atoms with Crippen LogP contribution in [-0.4, -0.2) is 65.7 Å². The molecule has 2 aliphatic rings. The molecule has 4 amide bonds. The number of nitrogens with one attached hydrogen (secondary N) is 2. The number of methoxy groups -OCH3 is 1. The van der Waals surface area contributed by atoms with Crippen molar-refractivity contribution in [3.05, 3.63) is 53.3 Å². The number of hydrogen-bond acceptors (Lipinski definition) is 5. The molecule has 0 saturated carbocycles. The minimum Gasteiger partial charge on any atom is -0.481 e. The Labute approximate surface area is 223 Å². The predicted octanol–water partition coefficient (Wildman–Crippen LogP) is 4.10. The number of carbonyl (C=O) groups excluding carboxylic acids is 3. The van der Waals surface area contributed by atoms with Crippen LogP contribution in [-0.2, 0) is 19.1 Å². The van der Waals surface area contributed by atoms with Crippen molar-refractivity contribution < 1.29 is 33.4 Å². The summed E-state index contributed by atoms with van der Waals surface area (Å²) in [7, 11) is 1.40. The number of piperidine rings is 1. The fourth-order valence-electron chi connectivity index (χ4n) is 4.89. The maximum Gasteiger partial charge on any atom is 0.322 e. The SMILES string of the molecule is COC1CN(C(=O)Nc2ccc(Cl)cc2)C(CC(=O)O)(C(=O)Nc2ccc(N3CCCCC3=O)cc2F)C1. The summed E-state index contributed by atoms with van der Waals surface area (Å²) in [6.07, 6.45) is 0.493. The molecule has 10 nitrogen and oxygen atoms in total. The normalized spacial score (nSPS) is 21.3. The number of hydrogen-bond donors (Lipinski definition) is 3. The van der Waals surface area contributed by atoms with Crippen molar-refractivity contribution in [2.24, 2.45) is 0 Å². The predicted molar refractivity (Wildman–Crippen MR) is 139 cm³/mol. The van der Waals surface area contributed by atoms with E-state index in [0.717, 1.165) is 23.8 Å². The Bertz CT molecular complexity index is 1240. The summed E-state index contributed by atoms with van der Waals surface area (Å²) in [4.78, 5) is 53.6. The summed E-state index contributed by atoms with van der Waals surface area (Å²) in [5.41, 5.74) is -1.31. The first-order chi connectivity index (χ1) is 18.1. The lowest BCUT2D eigenvalue weighted by molar-refractivity contribution is -0.143. The van der Waals surface area contributed by atoms with Gasteiger partial charge < -0.3 is 30.3 Å². The minimum atomic E-state index is -1.86. The van der Waals surface area contributed by atoms with E-state index in [4.69, 9.17) is 16.3 Å². The number of ether oxygens (including phenoxy) is 1. The van der Waals surface area contributed by atoms with Crippen molar-refractivity contribution in [3.8, 4) is 0 Å². The van der Waals surface area contributed by atoms with Crippen molar-refractivity contribution in [3.63, 3.8) is 0 Å². The van der Waals surface area contributed by atoms with Gasteiger partial charge in [0.1, 0.15) is 11.4 Å². The minimum absolute atomic E-state index is 0.0604. The number of aliphatic carboxylic acids is 1. The Hall–Kier alpha value is -3.70. The third-order valence-electron chi connectivity index (χ3n) is 6.84. The van der Waals surface area contributed by atoms with Gasteiger partial charge in [0, 0.05) is 49.4 Å². The second-order valence-corrected chi connectivity index (χ2v) is 9.77. The van der Waals surface area contributed by atoms with Gasteiger partial charge in [0.2, 0.25) is 5.91 Å². The van der Waals surface area contributed by atoms with E-state index in [1.807, 2.05) is 0 Å². The van der Waals surface area contributed by atoms with Crippen LogP contribution in [0.25, 0.3) is 0 Å². The van der Waals surface area contributed by atoms with E-state index in [0.29, 0.717) is 29.4 Å². The van der Waals surface area contributed by atoms with E-state index in [1.54, 1.807) is 24.3 Å². The topological polar surface area (TPSA) is 128 Å². The first kappa shape index (κ1) is 27.3. The summed E-state index contributed by atoms with van der Waals surface area (Å²) in [5.74, 6) is -3.09. The number of halogens is 2. The third kappa shape index (κ3) is 5.73. The molecule has 3 N–H and O–H groups in total. The molecule has 38 heavy (non-hydrogen) atoms. The smallest absolute Gasteiger partial charge is 0.322 e. The van der Waals surface area contributed by atoms with Crippen molar-refractivity contribution >= 4 is 52.5 Å². The quantitative estimate of drug-likeness (QED) is 0.479. The molecule has 2 saturated heterocycles. The number of carboxylic acid groups (broad SMARTS) is 1. The standard InChI is InChI=1S/C26H28ClFN4O6/c1-38-19-13-26(14-23(34)35,32(15-19)25(37)29-17-7-5-16(27)6-8-17)24(36)30-21-10-9-18(12-20(21)28)31-11-3-2-4-22(31)33/h5-10,12,19H,2-4,11,13-15H2,1H3,(H,29,37)(H,30,36)(H,34,35). The Kier molecular flexibility index (Phi) is 8.17. The van der Waals surface area contributed by atoms with Crippen LogP contribution in [0, 0.1) is 5.82 Å². The van der Waals surface area contributed by atoms with Gasteiger partial charge in [0.15, 0.2) is 0 Å². The molecular formula is C26H28ClFN4O6. The average molecular weight is 547 g/mol. The highest BCUT2D eigenvalue weighted by atomic mass is 35.5. The van der Waals surface area contributed by atoms with Gasteiger partial charge in [0.05, 0.1) is 18.2 Å². The van der Waals surface area contributed by atoms with Gasteiger partial charge in [-0.1, -0.05) is 11.6 Å². The fourth-order valence-corrected chi connectivity index (χ4v) is 5.02. The molecule has 0 spiro atoms. The van der Waals surface area contributed by atoms with E-state index in [-0.39, 0.29) is 24.6 Å². The first-order valence-corrected chi connectivity index (χ1v) is 12.5. The molecule has 202 valence electrons. The van der Waals surface area contributed by atoms with E-state index in [1.165, 1.54) is 24.1 Å². The highest BCUT2D eigenvalue weighted by Crippen LogP contribution is 2.37. The number of amides is 4. The van der Waals surface area contributed by atoms with Crippen molar-refractivity contribution in [2.75, 3.05) is 35.7 Å². The van der Waals surface area contributed by atoms with Gasteiger partial charge in [-0.2, -0.15) is 0 Å². The zero-order chi connectivity index (χ0) is 27.4. The Balaban J connectivity index is 1.61. The zero-order valence-electron chi connectivity index (χ0n) is 20.7. The molecular weight excluding hydrogens is 519 g/mol. The Morgan fingerprint density at radius 1 is 1.16 bits per heavy atom. The van der Waals surface area contributed by atoms with Gasteiger partial charge in [-0.25, -0.2) is 9.18 Å². The van der Waals surface area contributed by atoms with E-state index < -0.39 is 41.8 Å². The largest absolute Gasteiger partial charge is 0.481 e. The molecule has 12 heteroatoms. The maximum atomic E-state index is 15.1. The molecule has 4 rings (SSSR count). The Morgan fingerprint density at radius 3 is 2.53 bits per heavy atom. The molecule has 2 aromatic carbocycles. The molecule has 2 atom stereocenters. The summed E-state index contributed by atoms with van der Waals surface area (Å²) in [6, 6.07) is 9.53. The van der Waals surface area contributed by atoms with Gasteiger partial charge >= 0.3 is 12.0 Å². The van der Waals surface area contributed by atoms with Crippen LogP contribution in [0.2, 0.25) is 5.02 Å². The molecule has 0 aliphatic carbocycles. The highest BCUT2D eigenvalue weighted by Gasteiger charge is 2.55. The second-order valence-electron chi connectivity index (χ2n) is 9.33. The van der Waals surface area contributed by atoms with Crippen LogP contribution in [0.5, 0.6) is 0 Å². The van der Waals surface area contributed by atoms with Crippen LogP contribution >= 0.6 is 11.6 Å². The number of anilines is 3. The van der Waals surface area contributed by atoms with Gasteiger partial charge in [-0.15, -0.1) is 0 Å². The number of carboxylic acids is 1. The van der Waals surface area contributed by atoms with E-state index in [2.05, 4.69) is 10.6 Å². The van der Waals surface area contributed by atoms with Crippen LogP contribution in [0.15, 0.2) is 42.5 Å².